The fourth-order valence-corrected chi connectivity index (χ4v) is 2.80. The Balaban J connectivity index is 2.30. The Bertz CT molecular complexity index is 478. The van der Waals surface area contributed by atoms with E-state index in [1.807, 2.05) is 19.1 Å². The van der Waals surface area contributed by atoms with Crippen LogP contribution in [-0.4, -0.2) is 17.8 Å². The van der Waals surface area contributed by atoms with Crippen molar-refractivity contribution in [1.29, 1.82) is 5.26 Å². The fraction of sp³-hybridized carbons (Fsp3) is 0.533. The van der Waals surface area contributed by atoms with Crippen LogP contribution >= 0.6 is 0 Å². The Kier molecular flexibility index (Phi) is 3.58. The Labute approximate surface area is 108 Å². The molecule has 96 valence electrons. The number of benzene rings is 1. The van der Waals surface area contributed by atoms with Crippen LogP contribution < -0.4 is 4.74 Å². The summed E-state index contributed by atoms with van der Waals surface area (Å²) in [6.45, 7) is 1.95. The number of ether oxygens (including phenoxy) is 1. The summed E-state index contributed by atoms with van der Waals surface area (Å²) in [5.41, 5.74) is 1.48. The molecular weight excluding hydrogens is 226 g/mol. The van der Waals surface area contributed by atoms with Gasteiger partial charge in [0.25, 0.3) is 0 Å². The van der Waals surface area contributed by atoms with Crippen molar-refractivity contribution in [2.24, 2.45) is 5.92 Å². The molecule has 1 N–H and O–H groups in total. The van der Waals surface area contributed by atoms with Gasteiger partial charge in [0, 0.05) is 6.42 Å². The van der Waals surface area contributed by atoms with E-state index >= 15 is 0 Å². The van der Waals surface area contributed by atoms with Crippen molar-refractivity contribution in [2.75, 3.05) is 7.11 Å². The zero-order valence-electron chi connectivity index (χ0n) is 10.9. The molecule has 0 bridgehead atoms. The number of nitrogens with zero attached hydrogens (tertiary/aromatic N) is 1. The average Bonchev–Trinajstić information content (AvgIpc) is 2.39. The molecule has 1 aliphatic rings. The molecule has 3 heteroatoms. The number of hydrogen-bond acceptors (Lipinski definition) is 3. The van der Waals surface area contributed by atoms with Gasteiger partial charge in [0.15, 0.2) is 0 Å². The number of rotatable bonds is 3. The number of hydrogen-bond donors (Lipinski definition) is 1. The molecule has 1 aromatic carbocycles. The monoisotopic (exact) mass is 245 g/mol. The predicted octanol–water partition coefficient (Wildman–Crippen LogP) is 2.46. The molecule has 0 fully saturated rings. The lowest BCUT2D eigenvalue weighted by Crippen LogP contribution is -2.42. The van der Waals surface area contributed by atoms with Crippen LogP contribution in [-0.2, 0) is 12.8 Å². The molecule has 0 heterocycles. The largest absolute Gasteiger partial charge is 0.497 e. The molecule has 1 aromatic rings. The van der Waals surface area contributed by atoms with Crippen LogP contribution in [0.3, 0.4) is 0 Å². The Morgan fingerprint density at radius 1 is 1.50 bits per heavy atom. The third kappa shape index (κ3) is 2.21. The maximum absolute atomic E-state index is 10.7. The lowest BCUT2D eigenvalue weighted by molar-refractivity contribution is -0.0117. The summed E-state index contributed by atoms with van der Waals surface area (Å²) < 4.78 is 5.21. The topological polar surface area (TPSA) is 53.2 Å². The standard InChI is InChI=1S/C15H19NO2/c1-3-13(10-16)15(17)7-6-11-4-5-14(18-2)8-12(11)9-15/h4-5,8,13,17H,3,6-7,9H2,1-2H3. The lowest BCUT2D eigenvalue weighted by atomic mass is 9.73. The van der Waals surface area contributed by atoms with Gasteiger partial charge in [-0.05, 0) is 42.5 Å². The summed E-state index contributed by atoms with van der Waals surface area (Å²) in [5.74, 6) is 0.514. The molecule has 0 aromatic heterocycles. The second-order valence-corrected chi connectivity index (χ2v) is 5.00. The van der Waals surface area contributed by atoms with Crippen LogP contribution in [0.15, 0.2) is 18.2 Å². The maximum Gasteiger partial charge on any atom is 0.119 e. The van der Waals surface area contributed by atoms with Crippen LogP contribution in [0.4, 0.5) is 0 Å². The van der Waals surface area contributed by atoms with Gasteiger partial charge in [0.1, 0.15) is 5.75 Å². The molecule has 0 spiro atoms. The van der Waals surface area contributed by atoms with E-state index in [1.165, 1.54) is 5.56 Å². The van der Waals surface area contributed by atoms with E-state index in [2.05, 4.69) is 12.1 Å². The normalized spacial score (nSPS) is 23.9. The van der Waals surface area contributed by atoms with Gasteiger partial charge in [-0.1, -0.05) is 13.0 Å². The summed E-state index contributed by atoms with van der Waals surface area (Å²) in [6, 6.07) is 8.22. The van der Waals surface area contributed by atoms with E-state index in [0.717, 1.165) is 17.7 Å². The zero-order chi connectivity index (χ0) is 13.2. The van der Waals surface area contributed by atoms with Gasteiger partial charge in [0.05, 0.1) is 24.7 Å². The van der Waals surface area contributed by atoms with Gasteiger partial charge in [-0.15, -0.1) is 0 Å². The second kappa shape index (κ2) is 4.99. The van der Waals surface area contributed by atoms with Crippen LogP contribution in [0.2, 0.25) is 0 Å². The van der Waals surface area contributed by atoms with E-state index in [9.17, 15) is 5.11 Å². The Morgan fingerprint density at radius 3 is 2.89 bits per heavy atom. The first-order valence-electron chi connectivity index (χ1n) is 6.40. The fourth-order valence-electron chi connectivity index (χ4n) is 2.80. The van der Waals surface area contributed by atoms with Crippen LogP contribution in [0, 0.1) is 17.2 Å². The second-order valence-electron chi connectivity index (χ2n) is 5.00. The van der Waals surface area contributed by atoms with Crippen LogP contribution in [0.1, 0.15) is 30.9 Å². The maximum atomic E-state index is 10.7. The third-order valence-electron chi connectivity index (χ3n) is 3.95. The quantitative estimate of drug-likeness (QED) is 0.890. The van der Waals surface area contributed by atoms with Gasteiger partial charge in [-0.2, -0.15) is 5.26 Å². The highest BCUT2D eigenvalue weighted by atomic mass is 16.5. The number of aliphatic hydroxyl groups is 1. The summed E-state index contributed by atoms with van der Waals surface area (Å²) in [7, 11) is 1.64. The summed E-state index contributed by atoms with van der Waals surface area (Å²) in [6.07, 6.45) is 2.73. The predicted molar refractivity (Wildman–Crippen MR) is 69.4 cm³/mol. The average molecular weight is 245 g/mol. The first-order chi connectivity index (χ1) is 8.62. The van der Waals surface area contributed by atoms with Crippen molar-refractivity contribution in [1.82, 2.24) is 0 Å². The first-order valence-corrected chi connectivity index (χ1v) is 6.40. The van der Waals surface area contributed by atoms with Gasteiger partial charge in [-0.25, -0.2) is 0 Å². The summed E-state index contributed by atoms with van der Waals surface area (Å²) in [4.78, 5) is 0. The molecule has 3 nitrogen and oxygen atoms in total. The summed E-state index contributed by atoms with van der Waals surface area (Å²) >= 11 is 0. The third-order valence-corrected chi connectivity index (χ3v) is 3.95. The smallest absolute Gasteiger partial charge is 0.119 e. The first kappa shape index (κ1) is 12.9. The minimum Gasteiger partial charge on any atom is -0.497 e. The molecule has 0 radical (unpaired) electrons. The lowest BCUT2D eigenvalue weighted by Gasteiger charge is -2.36. The number of aryl methyl sites for hydroxylation is 1. The van der Waals surface area contributed by atoms with Crippen LogP contribution in [0.5, 0.6) is 5.75 Å². The number of methoxy groups -OCH3 is 1. The molecule has 18 heavy (non-hydrogen) atoms. The zero-order valence-corrected chi connectivity index (χ0v) is 10.9. The number of nitriles is 1. The van der Waals surface area contributed by atoms with Crippen molar-refractivity contribution in [3.05, 3.63) is 29.3 Å². The van der Waals surface area contributed by atoms with Crippen LogP contribution in [0.25, 0.3) is 0 Å². The Morgan fingerprint density at radius 2 is 2.28 bits per heavy atom. The van der Waals surface area contributed by atoms with Crippen molar-refractivity contribution in [2.45, 2.75) is 38.2 Å². The molecule has 0 saturated heterocycles. The molecule has 0 aliphatic heterocycles. The SMILES string of the molecule is CCC(C#N)C1(O)CCc2ccc(OC)cc2C1. The minimum atomic E-state index is -0.886. The molecular formula is C15H19NO2. The molecule has 2 atom stereocenters. The highest BCUT2D eigenvalue weighted by Gasteiger charge is 2.39. The van der Waals surface area contributed by atoms with E-state index in [-0.39, 0.29) is 5.92 Å². The van der Waals surface area contributed by atoms with Crippen molar-refractivity contribution in [3.63, 3.8) is 0 Å². The molecule has 1 aliphatic carbocycles. The minimum absolute atomic E-state index is 0.295. The highest BCUT2D eigenvalue weighted by molar-refractivity contribution is 5.39. The summed E-state index contributed by atoms with van der Waals surface area (Å²) in [5, 5.41) is 19.8. The van der Waals surface area contributed by atoms with E-state index in [1.54, 1.807) is 7.11 Å². The van der Waals surface area contributed by atoms with Gasteiger partial charge in [0.2, 0.25) is 0 Å². The van der Waals surface area contributed by atoms with E-state index in [0.29, 0.717) is 19.3 Å². The molecule has 2 unspecified atom stereocenters. The molecule has 0 amide bonds. The number of fused-ring (bicyclic) bond motifs is 1. The van der Waals surface area contributed by atoms with E-state index < -0.39 is 5.60 Å². The Hall–Kier alpha value is -1.53. The van der Waals surface area contributed by atoms with Crippen molar-refractivity contribution < 1.29 is 9.84 Å². The molecule has 0 saturated carbocycles. The van der Waals surface area contributed by atoms with Crippen molar-refractivity contribution >= 4 is 0 Å². The van der Waals surface area contributed by atoms with E-state index in [4.69, 9.17) is 10.00 Å². The highest BCUT2D eigenvalue weighted by Crippen LogP contribution is 2.36. The van der Waals surface area contributed by atoms with Gasteiger partial charge < -0.3 is 9.84 Å². The van der Waals surface area contributed by atoms with Gasteiger partial charge >= 0.3 is 0 Å². The van der Waals surface area contributed by atoms with Gasteiger partial charge in [-0.3, -0.25) is 0 Å². The van der Waals surface area contributed by atoms with Crippen molar-refractivity contribution in [3.8, 4) is 11.8 Å². The molecule has 2 rings (SSSR count).